The lowest BCUT2D eigenvalue weighted by Gasteiger charge is -2.13. The first-order chi connectivity index (χ1) is 11.2. The number of para-hydroxylation sites is 1. The third-order valence-electron chi connectivity index (χ3n) is 3.27. The molecule has 0 atom stereocenters. The van der Waals surface area contributed by atoms with Crippen molar-refractivity contribution >= 4 is 17.5 Å². The quantitative estimate of drug-likeness (QED) is 0.721. The number of hydrogen-bond acceptors (Lipinski definition) is 4. The molecule has 0 amide bonds. The molecule has 0 bridgehead atoms. The highest BCUT2D eigenvalue weighted by Crippen LogP contribution is 2.24. The standard InChI is InChI=1S/C16H14ClFN4O/c17-13-5-3-6-14(18)12(13)9-23-15-7-2-1-4-11(15)8-19-16-20-10-21-22-16/h1-7,10H,8-9H2,(H2,19,20,21,22). The number of H-pyrrole nitrogens is 1. The Kier molecular flexibility index (Phi) is 4.73. The minimum atomic E-state index is -0.380. The number of ether oxygens (including phenoxy) is 1. The van der Waals surface area contributed by atoms with Gasteiger partial charge in [0, 0.05) is 17.7 Å². The summed E-state index contributed by atoms with van der Waals surface area (Å²) in [6.45, 7) is 0.557. The number of aromatic nitrogens is 3. The molecule has 118 valence electrons. The van der Waals surface area contributed by atoms with Crippen molar-refractivity contribution in [3.05, 3.63) is 70.8 Å². The minimum absolute atomic E-state index is 0.0603. The fourth-order valence-electron chi connectivity index (χ4n) is 2.08. The van der Waals surface area contributed by atoms with Crippen molar-refractivity contribution in [3.8, 4) is 5.75 Å². The van der Waals surface area contributed by atoms with Gasteiger partial charge in [-0.1, -0.05) is 35.9 Å². The van der Waals surface area contributed by atoms with Crippen LogP contribution in [0.25, 0.3) is 0 Å². The molecule has 0 aliphatic carbocycles. The van der Waals surface area contributed by atoms with Crippen LogP contribution in [0.4, 0.5) is 10.3 Å². The maximum atomic E-state index is 13.8. The van der Waals surface area contributed by atoms with Gasteiger partial charge in [0.05, 0.1) is 5.02 Å². The van der Waals surface area contributed by atoms with Crippen LogP contribution in [0, 0.1) is 5.82 Å². The normalized spacial score (nSPS) is 10.5. The summed E-state index contributed by atoms with van der Waals surface area (Å²) in [4.78, 5) is 3.99. The second-order valence-corrected chi connectivity index (χ2v) is 5.19. The molecular formula is C16H14ClFN4O. The van der Waals surface area contributed by atoms with E-state index >= 15 is 0 Å². The Morgan fingerprint density at radius 2 is 2.04 bits per heavy atom. The van der Waals surface area contributed by atoms with E-state index in [0.29, 0.717) is 28.8 Å². The summed E-state index contributed by atoms with van der Waals surface area (Å²) in [6, 6.07) is 12.1. The molecule has 0 aliphatic rings. The number of hydrogen-bond donors (Lipinski definition) is 2. The SMILES string of the molecule is Fc1cccc(Cl)c1COc1ccccc1CNc1ncn[nH]1. The molecule has 0 saturated heterocycles. The summed E-state index contributed by atoms with van der Waals surface area (Å²) < 4.78 is 19.5. The summed E-state index contributed by atoms with van der Waals surface area (Å²) in [5.74, 6) is 0.838. The Labute approximate surface area is 137 Å². The van der Waals surface area contributed by atoms with Gasteiger partial charge in [0.15, 0.2) is 0 Å². The molecule has 23 heavy (non-hydrogen) atoms. The molecule has 1 heterocycles. The van der Waals surface area contributed by atoms with Crippen LogP contribution in [0.1, 0.15) is 11.1 Å². The van der Waals surface area contributed by atoms with E-state index < -0.39 is 0 Å². The molecule has 0 spiro atoms. The van der Waals surface area contributed by atoms with Gasteiger partial charge >= 0.3 is 0 Å². The van der Waals surface area contributed by atoms with Crippen LogP contribution in [0.5, 0.6) is 5.75 Å². The van der Waals surface area contributed by atoms with E-state index in [1.807, 2.05) is 24.3 Å². The van der Waals surface area contributed by atoms with E-state index in [1.54, 1.807) is 12.1 Å². The molecule has 0 aliphatic heterocycles. The predicted molar refractivity (Wildman–Crippen MR) is 85.9 cm³/mol. The zero-order valence-corrected chi connectivity index (χ0v) is 12.8. The Morgan fingerprint density at radius 3 is 2.83 bits per heavy atom. The monoisotopic (exact) mass is 332 g/mol. The fraction of sp³-hybridized carbons (Fsp3) is 0.125. The molecule has 0 fully saturated rings. The van der Waals surface area contributed by atoms with Gasteiger partial charge in [-0.3, -0.25) is 0 Å². The summed E-state index contributed by atoms with van der Waals surface area (Å²) in [6.07, 6.45) is 1.42. The van der Waals surface area contributed by atoms with Crippen molar-refractivity contribution in [2.45, 2.75) is 13.2 Å². The summed E-state index contributed by atoms with van der Waals surface area (Å²) in [5, 5.41) is 9.93. The smallest absolute Gasteiger partial charge is 0.218 e. The van der Waals surface area contributed by atoms with Crippen molar-refractivity contribution in [1.82, 2.24) is 15.2 Å². The number of aromatic amines is 1. The van der Waals surface area contributed by atoms with Crippen LogP contribution in [-0.2, 0) is 13.2 Å². The van der Waals surface area contributed by atoms with Crippen molar-refractivity contribution in [1.29, 1.82) is 0 Å². The lowest BCUT2D eigenvalue weighted by Crippen LogP contribution is -2.05. The summed E-state index contributed by atoms with van der Waals surface area (Å²) in [5.41, 5.74) is 1.25. The second kappa shape index (κ2) is 7.11. The molecule has 7 heteroatoms. The van der Waals surface area contributed by atoms with Crippen molar-refractivity contribution in [3.63, 3.8) is 0 Å². The topological polar surface area (TPSA) is 62.8 Å². The lowest BCUT2D eigenvalue weighted by atomic mass is 10.2. The Bertz CT molecular complexity index is 759. The number of nitrogens with one attached hydrogen (secondary N) is 2. The van der Waals surface area contributed by atoms with Gasteiger partial charge in [-0.25, -0.2) is 14.5 Å². The first-order valence-electron chi connectivity index (χ1n) is 6.97. The third kappa shape index (κ3) is 3.78. The molecule has 2 N–H and O–H groups in total. The van der Waals surface area contributed by atoms with E-state index in [4.69, 9.17) is 16.3 Å². The van der Waals surface area contributed by atoms with E-state index in [9.17, 15) is 4.39 Å². The minimum Gasteiger partial charge on any atom is -0.488 e. The third-order valence-corrected chi connectivity index (χ3v) is 3.62. The average molecular weight is 333 g/mol. The highest BCUT2D eigenvalue weighted by atomic mass is 35.5. The van der Waals surface area contributed by atoms with Gasteiger partial charge < -0.3 is 10.1 Å². The maximum absolute atomic E-state index is 13.8. The van der Waals surface area contributed by atoms with Gasteiger partial charge in [0.25, 0.3) is 0 Å². The first kappa shape index (κ1) is 15.3. The number of anilines is 1. The van der Waals surface area contributed by atoms with Gasteiger partial charge in [-0.15, -0.1) is 0 Å². The van der Waals surface area contributed by atoms with E-state index in [2.05, 4.69) is 20.5 Å². The van der Waals surface area contributed by atoms with Gasteiger partial charge in [-0.2, -0.15) is 5.10 Å². The maximum Gasteiger partial charge on any atom is 0.218 e. The average Bonchev–Trinajstić information content (AvgIpc) is 3.07. The molecule has 2 aromatic carbocycles. The first-order valence-corrected chi connectivity index (χ1v) is 7.34. The van der Waals surface area contributed by atoms with E-state index in [-0.39, 0.29) is 12.4 Å². The van der Waals surface area contributed by atoms with Crippen molar-refractivity contribution < 1.29 is 9.13 Å². The van der Waals surface area contributed by atoms with Crippen LogP contribution in [0.3, 0.4) is 0 Å². The Morgan fingerprint density at radius 1 is 1.17 bits per heavy atom. The Balaban J connectivity index is 1.70. The molecule has 0 radical (unpaired) electrons. The van der Waals surface area contributed by atoms with Crippen LogP contribution in [-0.4, -0.2) is 15.2 Å². The largest absolute Gasteiger partial charge is 0.488 e. The van der Waals surface area contributed by atoms with Crippen LogP contribution < -0.4 is 10.1 Å². The molecule has 3 aromatic rings. The van der Waals surface area contributed by atoms with Crippen LogP contribution in [0.2, 0.25) is 5.02 Å². The van der Waals surface area contributed by atoms with E-state index in [0.717, 1.165) is 5.56 Å². The Hall–Kier alpha value is -2.60. The number of rotatable bonds is 6. The summed E-state index contributed by atoms with van der Waals surface area (Å²) in [7, 11) is 0. The molecular weight excluding hydrogens is 319 g/mol. The molecule has 3 rings (SSSR count). The molecule has 5 nitrogen and oxygen atoms in total. The van der Waals surface area contributed by atoms with Crippen molar-refractivity contribution in [2.75, 3.05) is 5.32 Å². The molecule has 0 unspecified atom stereocenters. The van der Waals surface area contributed by atoms with Crippen LogP contribution >= 0.6 is 11.6 Å². The highest BCUT2D eigenvalue weighted by Gasteiger charge is 2.09. The van der Waals surface area contributed by atoms with E-state index in [1.165, 1.54) is 12.4 Å². The predicted octanol–water partition coefficient (Wildman–Crippen LogP) is 3.79. The van der Waals surface area contributed by atoms with Gasteiger partial charge in [-0.05, 0) is 18.2 Å². The van der Waals surface area contributed by atoms with Crippen LogP contribution in [0.15, 0.2) is 48.8 Å². The van der Waals surface area contributed by atoms with Gasteiger partial charge in [0.2, 0.25) is 5.95 Å². The second-order valence-electron chi connectivity index (χ2n) is 4.78. The summed E-state index contributed by atoms with van der Waals surface area (Å²) >= 11 is 6.01. The van der Waals surface area contributed by atoms with Gasteiger partial charge in [0.1, 0.15) is 24.5 Å². The fourth-order valence-corrected chi connectivity index (χ4v) is 2.30. The number of benzene rings is 2. The zero-order chi connectivity index (χ0) is 16.1. The highest BCUT2D eigenvalue weighted by molar-refractivity contribution is 6.31. The number of halogens is 2. The van der Waals surface area contributed by atoms with Crippen molar-refractivity contribution in [2.24, 2.45) is 0 Å². The number of nitrogens with zero attached hydrogens (tertiary/aromatic N) is 2. The molecule has 1 aromatic heterocycles. The lowest BCUT2D eigenvalue weighted by molar-refractivity contribution is 0.297. The zero-order valence-electron chi connectivity index (χ0n) is 12.1. The molecule has 0 saturated carbocycles.